The van der Waals surface area contributed by atoms with Crippen molar-refractivity contribution in [3.63, 3.8) is 0 Å². The number of carbonyl (C=O) groups excluding carboxylic acids is 1. The van der Waals surface area contributed by atoms with Gasteiger partial charge in [0.25, 0.3) is 0 Å². The van der Waals surface area contributed by atoms with Crippen molar-refractivity contribution < 1.29 is 4.79 Å². The third-order valence-electron chi connectivity index (χ3n) is 3.82. The Labute approximate surface area is 115 Å². The summed E-state index contributed by atoms with van der Waals surface area (Å²) in [7, 11) is 1.99. The van der Waals surface area contributed by atoms with Crippen LogP contribution < -0.4 is 0 Å². The summed E-state index contributed by atoms with van der Waals surface area (Å²) in [6.07, 6.45) is 0. The molecule has 19 heavy (non-hydrogen) atoms. The Morgan fingerprint density at radius 2 is 1.84 bits per heavy atom. The molecule has 1 aliphatic carbocycles. The first-order chi connectivity index (χ1) is 9.18. The minimum absolute atomic E-state index is 0.0958. The number of fused-ring (bicyclic) bond motifs is 5. The third kappa shape index (κ3) is 1.24. The minimum atomic E-state index is 0.0958. The van der Waals surface area contributed by atoms with Crippen molar-refractivity contribution in [1.29, 1.82) is 0 Å². The maximum Gasteiger partial charge on any atom is 0.196 e. The zero-order valence-corrected chi connectivity index (χ0v) is 11.0. The molecule has 1 heterocycles. The van der Waals surface area contributed by atoms with Crippen LogP contribution in [-0.2, 0) is 7.05 Å². The lowest BCUT2D eigenvalue weighted by molar-refractivity contribution is 0.104. The molecule has 0 N–H and O–H groups in total. The Hall–Kier alpha value is -2.06. The molecule has 0 bridgehead atoms. The maximum atomic E-state index is 12.6. The van der Waals surface area contributed by atoms with Gasteiger partial charge in [-0.1, -0.05) is 29.8 Å². The molecule has 0 aliphatic heterocycles. The SMILES string of the molecule is Cn1c2c(c3ccccc31)C(=O)c1ccc(Cl)cc1-2. The van der Waals surface area contributed by atoms with Gasteiger partial charge in [-0.2, -0.15) is 0 Å². The smallest absolute Gasteiger partial charge is 0.196 e. The van der Waals surface area contributed by atoms with Crippen molar-refractivity contribution in [2.45, 2.75) is 0 Å². The predicted molar refractivity (Wildman–Crippen MR) is 76.8 cm³/mol. The van der Waals surface area contributed by atoms with Crippen molar-refractivity contribution in [1.82, 2.24) is 4.57 Å². The second kappa shape index (κ2) is 3.49. The van der Waals surface area contributed by atoms with E-state index in [-0.39, 0.29) is 5.78 Å². The summed E-state index contributed by atoms with van der Waals surface area (Å²) < 4.78 is 2.07. The maximum absolute atomic E-state index is 12.6. The van der Waals surface area contributed by atoms with Crippen LogP contribution in [0.5, 0.6) is 0 Å². The normalized spacial score (nSPS) is 12.8. The fourth-order valence-electron chi connectivity index (χ4n) is 2.98. The zero-order chi connectivity index (χ0) is 13.1. The number of ketones is 1. The molecule has 0 saturated carbocycles. The lowest BCUT2D eigenvalue weighted by Gasteiger charge is -2.04. The molecule has 2 aromatic carbocycles. The molecule has 0 radical (unpaired) electrons. The van der Waals surface area contributed by atoms with Gasteiger partial charge >= 0.3 is 0 Å². The first-order valence-electron chi connectivity index (χ1n) is 6.10. The van der Waals surface area contributed by atoms with Crippen LogP contribution in [-0.4, -0.2) is 10.4 Å². The number of nitrogens with zero attached hydrogens (tertiary/aromatic N) is 1. The fourth-order valence-corrected chi connectivity index (χ4v) is 3.16. The van der Waals surface area contributed by atoms with Crippen LogP contribution in [0.1, 0.15) is 15.9 Å². The average Bonchev–Trinajstić information content (AvgIpc) is 2.86. The van der Waals surface area contributed by atoms with Crippen LogP contribution in [0.3, 0.4) is 0 Å². The Bertz CT molecular complexity index is 861. The highest BCUT2D eigenvalue weighted by Gasteiger charge is 2.32. The molecule has 3 heteroatoms. The van der Waals surface area contributed by atoms with Gasteiger partial charge in [0.2, 0.25) is 0 Å². The lowest BCUT2D eigenvalue weighted by Crippen LogP contribution is -1.94. The van der Waals surface area contributed by atoms with Gasteiger partial charge in [-0.15, -0.1) is 0 Å². The monoisotopic (exact) mass is 267 g/mol. The lowest BCUT2D eigenvalue weighted by atomic mass is 10.1. The van der Waals surface area contributed by atoms with Crippen LogP contribution in [0.15, 0.2) is 42.5 Å². The summed E-state index contributed by atoms with van der Waals surface area (Å²) in [5.41, 5.74) is 4.53. The van der Waals surface area contributed by atoms with Crippen LogP contribution in [0.25, 0.3) is 22.2 Å². The Kier molecular flexibility index (Phi) is 1.99. The topological polar surface area (TPSA) is 22.0 Å². The minimum Gasteiger partial charge on any atom is -0.343 e. The van der Waals surface area contributed by atoms with Crippen LogP contribution in [0, 0.1) is 0 Å². The van der Waals surface area contributed by atoms with Crippen LogP contribution in [0.2, 0.25) is 5.02 Å². The number of aromatic nitrogens is 1. The van der Waals surface area contributed by atoms with Crippen molar-refractivity contribution in [3.05, 3.63) is 58.6 Å². The van der Waals surface area contributed by atoms with E-state index in [1.807, 2.05) is 43.4 Å². The number of rotatable bonds is 0. The largest absolute Gasteiger partial charge is 0.343 e. The van der Waals surface area contributed by atoms with Gasteiger partial charge in [-0.05, 0) is 24.3 Å². The van der Waals surface area contributed by atoms with Gasteiger partial charge in [0.05, 0.1) is 11.3 Å². The summed E-state index contributed by atoms with van der Waals surface area (Å²) in [6.45, 7) is 0. The number of halogens is 1. The molecule has 3 aromatic rings. The molecule has 0 fully saturated rings. The van der Waals surface area contributed by atoms with E-state index in [1.165, 1.54) is 0 Å². The highest BCUT2D eigenvalue weighted by atomic mass is 35.5. The number of hydrogen-bond donors (Lipinski definition) is 0. The van der Waals surface area contributed by atoms with Crippen molar-refractivity contribution in [3.8, 4) is 11.3 Å². The van der Waals surface area contributed by atoms with Gasteiger partial charge < -0.3 is 4.57 Å². The molecule has 0 atom stereocenters. The molecule has 0 spiro atoms. The summed E-state index contributed by atoms with van der Waals surface area (Å²) in [5, 5.41) is 1.67. The second-order valence-corrected chi connectivity index (χ2v) is 5.26. The van der Waals surface area contributed by atoms with Crippen LogP contribution in [0.4, 0.5) is 0 Å². The number of benzene rings is 2. The zero-order valence-electron chi connectivity index (χ0n) is 10.3. The number of hydrogen-bond acceptors (Lipinski definition) is 1. The molecule has 0 unspecified atom stereocenters. The van der Waals surface area contributed by atoms with E-state index in [0.717, 1.165) is 33.3 Å². The van der Waals surface area contributed by atoms with Crippen LogP contribution >= 0.6 is 11.6 Å². The summed E-state index contributed by atoms with van der Waals surface area (Å²) in [4.78, 5) is 12.6. The van der Waals surface area contributed by atoms with E-state index in [0.29, 0.717) is 5.02 Å². The molecule has 0 saturated heterocycles. The molecule has 92 valence electrons. The summed E-state index contributed by atoms with van der Waals surface area (Å²) in [6, 6.07) is 13.4. The average molecular weight is 268 g/mol. The molecule has 1 aliphatic rings. The molecular formula is C16H10ClNO. The van der Waals surface area contributed by atoms with Crippen molar-refractivity contribution in [2.75, 3.05) is 0 Å². The van der Waals surface area contributed by atoms with Gasteiger partial charge in [0.1, 0.15) is 0 Å². The Morgan fingerprint density at radius 3 is 2.68 bits per heavy atom. The number of para-hydroxylation sites is 1. The van der Waals surface area contributed by atoms with Gasteiger partial charge in [0, 0.05) is 34.1 Å². The first-order valence-corrected chi connectivity index (χ1v) is 6.48. The molecule has 2 nitrogen and oxygen atoms in total. The first kappa shape index (κ1) is 10.8. The number of aryl methyl sites for hydroxylation is 1. The predicted octanol–water partition coefficient (Wildman–Crippen LogP) is 4.04. The van der Waals surface area contributed by atoms with Crippen molar-refractivity contribution >= 4 is 28.3 Å². The second-order valence-electron chi connectivity index (χ2n) is 4.82. The molecular weight excluding hydrogens is 258 g/mol. The molecule has 1 aromatic heterocycles. The van der Waals surface area contributed by atoms with E-state index in [2.05, 4.69) is 4.57 Å². The number of carbonyl (C=O) groups is 1. The quantitative estimate of drug-likeness (QED) is 0.471. The van der Waals surface area contributed by atoms with E-state index < -0.39 is 0 Å². The Balaban J connectivity index is 2.22. The van der Waals surface area contributed by atoms with Gasteiger partial charge in [-0.3, -0.25) is 4.79 Å². The van der Waals surface area contributed by atoms with E-state index in [4.69, 9.17) is 11.6 Å². The fraction of sp³-hybridized carbons (Fsp3) is 0.0625. The van der Waals surface area contributed by atoms with E-state index in [9.17, 15) is 4.79 Å². The molecule has 0 amide bonds. The van der Waals surface area contributed by atoms with Gasteiger partial charge in [-0.25, -0.2) is 0 Å². The molecule has 4 rings (SSSR count). The standard InChI is InChI=1S/C16H10ClNO/c1-18-13-5-3-2-4-11(13)14-15(18)12-8-9(17)6-7-10(12)16(14)19/h2-8H,1H3. The van der Waals surface area contributed by atoms with Crippen molar-refractivity contribution in [2.24, 2.45) is 7.05 Å². The highest BCUT2D eigenvalue weighted by Crippen LogP contribution is 2.42. The summed E-state index contributed by atoms with van der Waals surface area (Å²) in [5.74, 6) is 0.0958. The highest BCUT2D eigenvalue weighted by molar-refractivity contribution is 6.33. The summed E-state index contributed by atoms with van der Waals surface area (Å²) >= 11 is 6.07. The van der Waals surface area contributed by atoms with E-state index >= 15 is 0 Å². The van der Waals surface area contributed by atoms with Gasteiger partial charge in [0.15, 0.2) is 5.78 Å². The Morgan fingerprint density at radius 1 is 1.05 bits per heavy atom. The third-order valence-corrected chi connectivity index (χ3v) is 4.05. The van der Waals surface area contributed by atoms with E-state index in [1.54, 1.807) is 6.07 Å².